The number of imidazole rings is 1. The molecule has 277 valence electrons. The van der Waals surface area contributed by atoms with E-state index < -0.39 is 8.07 Å². The van der Waals surface area contributed by atoms with Gasteiger partial charge in [0, 0.05) is 49.2 Å². The van der Waals surface area contributed by atoms with E-state index in [4.69, 9.17) is 9.40 Å². The van der Waals surface area contributed by atoms with E-state index in [2.05, 4.69) is 173 Å². The van der Waals surface area contributed by atoms with Crippen molar-refractivity contribution in [2.45, 2.75) is 67.1 Å². The van der Waals surface area contributed by atoms with Crippen molar-refractivity contribution in [3.05, 3.63) is 145 Å². The Morgan fingerprint density at radius 2 is 1.56 bits per heavy atom. The zero-order valence-corrected chi connectivity index (χ0v) is 36.0. The predicted octanol–water partition coefficient (Wildman–Crippen LogP) is 12.3. The van der Waals surface area contributed by atoms with Crippen molar-refractivity contribution in [2.24, 2.45) is 11.3 Å². The number of para-hydroxylation sites is 2. The Balaban J connectivity index is 0.000000205. The van der Waals surface area contributed by atoms with Gasteiger partial charge in [-0.25, -0.2) is 0 Å². The molecule has 4 nitrogen and oxygen atoms in total. The van der Waals surface area contributed by atoms with Gasteiger partial charge in [0.1, 0.15) is 0 Å². The molecule has 0 amide bonds. The number of rotatable bonds is 7. The molecule has 54 heavy (non-hydrogen) atoms. The molecule has 0 saturated heterocycles. The average molecular weight is 904 g/mol. The molecule has 0 aliphatic rings. The average Bonchev–Trinajstić information content (AvgIpc) is 3.72. The number of nitrogens with zero attached hydrogens (tertiary/aromatic N) is 3. The second-order valence-electron chi connectivity index (χ2n) is 16.8. The molecule has 0 atom stereocenters. The first-order chi connectivity index (χ1) is 25.4. The molecule has 8 rings (SSSR count). The van der Waals surface area contributed by atoms with E-state index in [0.29, 0.717) is 5.92 Å². The second-order valence-corrected chi connectivity index (χ2v) is 21.8. The van der Waals surface area contributed by atoms with Crippen LogP contribution in [0.3, 0.4) is 0 Å². The summed E-state index contributed by atoms with van der Waals surface area (Å²) < 4.78 is 8.13. The summed E-state index contributed by atoms with van der Waals surface area (Å²) in [5.74, 6) is 1.51. The minimum Gasteiger partial charge on any atom is -0.557 e. The first-order valence-electron chi connectivity index (χ1n) is 18.7. The molecular formula is C48H49IrN3OSi-2. The number of hydrogen-bond acceptors (Lipinski definition) is 3. The zero-order chi connectivity index (χ0) is 37.3. The summed E-state index contributed by atoms with van der Waals surface area (Å²) >= 11 is 0. The summed E-state index contributed by atoms with van der Waals surface area (Å²) in [7, 11) is -1.34. The maximum atomic E-state index is 5.88. The van der Waals surface area contributed by atoms with Crippen molar-refractivity contribution in [3.63, 3.8) is 0 Å². The van der Waals surface area contributed by atoms with Crippen molar-refractivity contribution < 1.29 is 24.5 Å². The van der Waals surface area contributed by atoms with Gasteiger partial charge in [0.25, 0.3) is 0 Å². The normalized spacial score (nSPS) is 11.9. The molecular weight excluding hydrogens is 855 g/mol. The molecule has 0 fully saturated rings. The smallest absolute Gasteiger partial charge is 0.0798 e. The predicted molar refractivity (Wildman–Crippen MR) is 226 cm³/mol. The minimum atomic E-state index is -1.34. The third kappa shape index (κ3) is 8.52. The quantitative estimate of drug-likeness (QED) is 0.118. The van der Waals surface area contributed by atoms with Crippen LogP contribution in [0.4, 0.5) is 0 Å². The second kappa shape index (κ2) is 16.0. The van der Waals surface area contributed by atoms with Crippen LogP contribution in [0.5, 0.6) is 0 Å². The standard InChI is InChI=1S/C30H25N2O.C18H24NSi.Ir/c1-30(2,3)18-20-15-16-28-23(17-20)24(19-33-28)29-31-25-12-6-7-13-27(25)32(29)26-14-8-10-21-9-4-5-11-22(21)26;1-14(2)11-16-12-17(15-9-7-6-8-10-15)19-13-18(16)20(3,4)5;/h4-17H,18H2,1-3H3;6-9,12-14H,11H2,1-5H3;/q2*-1;. The van der Waals surface area contributed by atoms with Gasteiger partial charge in [0.05, 0.1) is 24.9 Å². The fourth-order valence-electron chi connectivity index (χ4n) is 7.23. The Hall–Kier alpha value is -4.61. The van der Waals surface area contributed by atoms with Gasteiger partial charge >= 0.3 is 0 Å². The Morgan fingerprint density at radius 3 is 2.30 bits per heavy atom. The molecule has 0 saturated carbocycles. The van der Waals surface area contributed by atoms with Gasteiger partial charge in [0.2, 0.25) is 0 Å². The van der Waals surface area contributed by atoms with Crippen LogP contribution in [0.15, 0.2) is 126 Å². The molecule has 0 unspecified atom stereocenters. The molecule has 6 heteroatoms. The van der Waals surface area contributed by atoms with Crippen LogP contribution < -0.4 is 5.19 Å². The van der Waals surface area contributed by atoms with Crippen LogP contribution in [0.25, 0.3) is 61.1 Å². The van der Waals surface area contributed by atoms with Gasteiger partial charge in [-0.3, -0.25) is 4.98 Å². The number of benzene rings is 5. The van der Waals surface area contributed by atoms with Crippen molar-refractivity contribution in [1.29, 1.82) is 0 Å². The number of hydrogen-bond donors (Lipinski definition) is 0. The van der Waals surface area contributed by atoms with E-state index in [1.54, 1.807) is 0 Å². The molecule has 0 aliphatic heterocycles. The summed E-state index contributed by atoms with van der Waals surface area (Å²) in [5, 5.41) is 4.93. The fourth-order valence-corrected chi connectivity index (χ4v) is 8.82. The van der Waals surface area contributed by atoms with Crippen LogP contribution in [-0.2, 0) is 32.9 Å². The van der Waals surface area contributed by atoms with Gasteiger partial charge in [-0.2, -0.15) is 0 Å². The maximum Gasteiger partial charge on any atom is 0.0798 e. The third-order valence-electron chi connectivity index (χ3n) is 9.51. The number of furan rings is 1. The number of aromatic nitrogens is 3. The van der Waals surface area contributed by atoms with E-state index in [-0.39, 0.29) is 25.5 Å². The molecule has 0 N–H and O–H groups in total. The van der Waals surface area contributed by atoms with Gasteiger partial charge in [-0.05, 0) is 58.6 Å². The van der Waals surface area contributed by atoms with Crippen molar-refractivity contribution >= 4 is 46.0 Å². The van der Waals surface area contributed by atoms with Crippen LogP contribution in [0.1, 0.15) is 45.7 Å². The topological polar surface area (TPSA) is 43.9 Å². The summed E-state index contributed by atoms with van der Waals surface area (Å²) in [6, 6.07) is 43.2. The SMILES string of the molecule is CC(C)(C)Cc1ccc2o[c-]c(-c3nc4ccccc4n3-c3cccc4ccccc34)c2c1.CC(C)Cc1cc(-c2[c-]cccc2)ncc1[Si](C)(C)C.[Ir]. The number of pyridine rings is 1. The first kappa shape index (κ1) is 39.1. The van der Waals surface area contributed by atoms with Crippen LogP contribution >= 0.6 is 0 Å². The molecule has 0 spiro atoms. The molecule has 1 radical (unpaired) electrons. The van der Waals surface area contributed by atoms with Crippen LogP contribution in [-0.4, -0.2) is 22.6 Å². The van der Waals surface area contributed by atoms with E-state index in [1.165, 1.54) is 27.1 Å². The van der Waals surface area contributed by atoms with Gasteiger partial charge in [0.15, 0.2) is 0 Å². The summed E-state index contributed by atoms with van der Waals surface area (Å²) in [6.07, 6.45) is 7.41. The van der Waals surface area contributed by atoms with Crippen LogP contribution in [0, 0.1) is 23.7 Å². The number of fused-ring (bicyclic) bond motifs is 3. The Morgan fingerprint density at radius 1 is 0.815 bits per heavy atom. The molecule has 3 heterocycles. The van der Waals surface area contributed by atoms with E-state index >= 15 is 0 Å². The van der Waals surface area contributed by atoms with Crippen molar-refractivity contribution in [1.82, 2.24) is 14.5 Å². The molecule has 0 aliphatic carbocycles. The summed E-state index contributed by atoms with van der Waals surface area (Å²) in [5.41, 5.74) is 9.95. The molecule has 3 aromatic heterocycles. The summed E-state index contributed by atoms with van der Waals surface area (Å²) in [6.45, 7) is 18.5. The molecule has 0 bridgehead atoms. The molecule has 8 aromatic rings. The monoisotopic (exact) mass is 904 g/mol. The van der Waals surface area contributed by atoms with Crippen molar-refractivity contribution in [3.8, 4) is 28.3 Å². The minimum absolute atomic E-state index is 0. The van der Waals surface area contributed by atoms with E-state index in [9.17, 15) is 0 Å². The fraction of sp³-hybridized carbons (Fsp3) is 0.250. The first-order valence-corrected chi connectivity index (χ1v) is 22.2. The van der Waals surface area contributed by atoms with Gasteiger partial charge in [-0.1, -0.05) is 149 Å². The Kier molecular flexibility index (Phi) is 11.6. The molecule has 5 aromatic carbocycles. The van der Waals surface area contributed by atoms with Gasteiger partial charge < -0.3 is 14.0 Å². The van der Waals surface area contributed by atoms with Crippen LogP contribution in [0.2, 0.25) is 19.6 Å². The van der Waals surface area contributed by atoms with Crippen molar-refractivity contribution in [2.75, 3.05) is 0 Å². The summed E-state index contributed by atoms with van der Waals surface area (Å²) in [4.78, 5) is 9.75. The zero-order valence-electron chi connectivity index (χ0n) is 32.6. The third-order valence-corrected chi connectivity index (χ3v) is 11.6. The Labute approximate surface area is 335 Å². The Bertz CT molecular complexity index is 2510. The maximum absolute atomic E-state index is 5.88. The largest absolute Gasteiger partial charge is 0.557 e. The van der Waals surface area contributed by atoms with E-state index in [1.807, 2.05) is 24.3 Å². The van der Waals surface area contributed by atoms with Gasteiger partial charge in [-0.15, -0.1) is 35.9 Å². The van der Waals surface area contributed by atoms with E-state index in [0.717, 1.165) is 63.2 Å².